The number of phenolic OH excluding ortho intramolecular Hbond substituents is 1. The van der Waals surface area contributed by atoms with Gasteiger partial charge in [0.15, 0.2) is 0 Å². The zero-order chi connectivity index (χ0) is 17.5. The van der Waals surface area contributed by atoms with Gasteiger partial charge in [-0.25, -0.2) is 0 Å². The second-order valence-electron chi connectivity index (χ2n) is 6.65. The summed E-state index contributed by atoms with van der Waals surface area (Å²) in [5.74, 6) is 1.18. The molecule has 1 aliphatic rings. The number of aliphatic imine (C=N–C) groups is 1. The molecule has 0 atom stereocenters. The van der Waals surface area contributed by atoms with Gasteiger partial charge in [-0.05, 0) is 30.2 Å². The van der Waals surface area contributed by atoms with Crippen molar-refractivity contribution in [2.24, 2.45) is 4.99 Å². The van der Waals surface area contributed by atoms with Crippen molar-refractivity contribution in [3.05, 3.63) is 17.7 Å². The van der Waals surface area contributed by atoms with Crippen LogP contribution in [0.4, 0.5) is 0 Å². The van der Waals surface area contributed by atoms with Crippen LogP contribution >= 0.6 is 17.0 Å². The van der Waals surface area contributed by atoms with Gasteiger partial charge in [-0.2, -0.15) is 0 Å². The average molecular weight is 454 g/mol. The minimum absolute atomic E-state index is 0.381. The first-order valence-corrected chi connectivity index (χ1v) is 17.6. The molecule has 1 aliphatic carbocycles. The van der Waals surface area contributed by atoms with E-state index in [0.29, 0.717) is 11.8 Å². The summed E-state index contributed by atoms with van der Waals surface area (Å²) >= 11 is -0.826. The fourth-order valence-electron chi connectivity index (χ4n) is 2.66. The molecule has 1 aromatic carbocycles. The van der Waals surface area contributed by atoms with Crippen molar-refractivity contribution in [3.63, 3.8) is 0 Å². The molecule has 3 nitrogen and oxygen atoms in total. The van der Waals surface area contributed by atoms with Gasteiger partial charge in [0.1, 0.15) is 11.5 Å². The van der Waals surface area contributed by atoms with Crippen LogP contribution < -0.4 is 9.92 Å². The molecule has 7 heteroatoms. The van der Waals surface area contributed by atoms with Crippen molar-refractivity contribution >= 4 is 36.5 Å². The topological polar surface area (TPSA) is 41.8 Å². The fraction of sp³-hybridized carbons (Fsp3) is 0.562. The number of hydrogen-bond acceptors (Lipinski definition) is 3. The van der Waals surface area contributed by atoms with Gasteiger partial charge < -0.3 is 9.84 Å². The summed E-state index contributed by atoms with van der Waals surface area (Å²) in [6.07, 6.45) is 6.71. The summed E-state index contributed by atoms with van der Waals surface area (Å²) in [4.78, 5) is 4.63. The van der Waals surface area contributed by atoms with E-state index in [1.165, 1.54) is 25.7 Å². The average Bonchev–Trinajstić information content (AvgIpc) is 2.99. The Kier molecular flexibility index (Phi) is 9.43. The first-order chi connectivity index (χ1) is 10.8. The Morgan fingerprint density at radius 3 is 2.30 bits per heavy atom. The summed E-state index contributed by atoms with van der Waals surface area (Å²) in [7, 11) is 9.92. The summed E-state index contributed by atoms with van der Waals surface area (Å²) in [5, 5.41) is 11.5. The molecule has 0 unspecified atom stereocenters. The summed E-state index contributed by atoms with van der Waals surface area (Å²) in [6, 6.07) is 4.27. The van der Waals surface area contributed by atoms with Gasteiger partial charge in [0.05, 0.1) is 15.2 Å². The molecule has 0 bridgehead atoms. The summed E-state index contributed by atoms with van der Waals surface area (Å²) in [6.45, 7) is 6.66. The zero-order valence-electron chi connectivity index (χ0n) is 14.2. The van der Waals surface area contributed by atoms with Crippen LogP contribution in [0.2, 0.25) is 19.6 Å². The number of ether oxygens (including phenoxy) is 1. The number of phenols is 1. The Bertz CT molecular complexity index is 530. The van der Waals surface area contributed by atoms with Gasteiger partial charge in [0, 0.05) is 17.8 Å². The molecule has 23 heavy (non-hydrogen) atoms. The van der Waals surface area contributed by atoms with Crippen molar-refractivity contribution < 1.29 is 30.7 Å². The predicted octanol–water partition coefficient (Wildman–Crippen LogP) is 4.68. The third kappa shape index (κ3) is 6.89. The van der Waals surface area contributed by atoms with Gasteiger partial charge in [-0.1, -0.05) is 32.5 Å². The van der Waals surface area contributed by atoms with E-state index >= 15 is 0 Å². The van der Waals surface area contributed by atoms with Crippen molar-refractivity contribution in [1.82, 2.24) is 0 Å². The Hall–Kier alpha value is 0.170. The number of methoxy groups -OCH3 is 1. The van der Waals surface area contributed by atoms with E-state index in [4.69, 9.17) is 21.8 Å². The molecule has 1 fully saturated rings. The van der Waals surface area contributed by atoms with E-state index in [-0.39, 0.29) is 0 Å². The SMILES string of the molecule is COc1cc(C=NC2CCCC2)c(O)c([Si](C)(C)C)c1.[Cl][Zr][Cl]. The van der Waals surface area contributed by atoms with Crippen LogP contribution in [0.3, 0.4) is 0 Å². The molecule has 1 saturated carbocycles. The van der Waals surface area contributed by atoms with E-state index in [0.717, 1.165) is 16.5 Å². The standard InChI is InChI=1S/C16H25NO2Si.2ClH.Zr/c1-19-14-9-12(11-17-13-7-5-6-8-13)16(18)15(10-14)20(2,3)4;;;/h9-11,13,18H,5-8H2,1-4H3;2*1H;/q;;;+2/p-2. The molecular weight excluding hydrogens is 428 g/mol. The number of nitrogens with zero attached hydrogens (tertiary/aromatic N) is 1. The number of benzene rings is 1. The van der Waals surface area contributed by atoms with Crippen LogP contribution in [0.1, 0.15) is 31.2 Å². The quantitative estimate of drug-likeness (QED) is 0.531. The number of halogens is 2. The molecule has 128 valence electrons. The fourth-order valence-corrected chi connectivity index (χ4v) is 4.09. The Labute approximate surface area is 159 Å². The van der Waals surface area contributed by atoms with E-state index in [9.17, 15) is 5.11 Å². The second-order valence-corrected chi connectivity index (χ2v) is 15.4. The van der Waals surface area contributed by atoms with Crippen molar-refractivity contribution in [2.75, 3.05) is 7.11 Å². The molecule has 0 aromatic heterocycles. The third-order valence-corrected chi connectivity index (χ3v) is 5.90. The molecule has 0 saturated heterocycles. The Morgan fingerprint density at radius 1 is 1.26 bits per heavy atom. The molecule has 0 aliphatic heterocycles. The molecule has 0 radical (unpaired) electrons. The molecule has 1 aromatic rings. The zero-order valence-corrected chi connectivity index (χ0v) is 19.2. The van der Waals surface area contributed by atoms with Gasteiger partial charge in [0.2, 0.25) is 0 Å². The monoisotopic (exact) mass is 451 g/mol. The van der Waals surface area contributed by atoms with Crippen molar-refractivity contribution in [1.29, 1.82) is 0 Å². The summed E-state index contributed by atoms with van der Waals surface area (Å²) in [5.41, 5.74) is 0.786. The van der Waals surface area contributed by atoms with Crippen LogP contribution in [0.15, 0.2) is 17.1 Å². The van der Waals surface area contributed by atoms with Crippen LogP contribution in [-0.2, 0) is 20.8 Å². The maximum absolute atomic E-state index is 10.5. The number of hydrogen-bond donors (Lipinski definition) is 1. The van der Waals surface area contributed by atoms with Gasteiger partial charge in [-0.3, -0.25) is 4.99 Å². The van der Waals surface area contributed by atoms with Crippen LogP contribution in [0, 0.1) is 0 Å². The first kappa shape index (κ1) is 21.2. The molecule has 0 spiro atoms. The first-order valence-electron chi connectivity index (χ1n) is 7.74. The van der Waals surface area contributed by atoms with Crippen LogP contribution in [0.25, 0.3) is 0 Å². The van der Waals surface area contributed by atoms with E-state index in [2.05, 4.69) is 24.6 Å². The van der Waals surface area contributed by atoms with E-state index in [1.807, 2.05) is 18.3 Å². The minimum atomic E-state index is -1.61. The predicted molar refractivity (Wildman–Crippen MR) is 99.2 cm³/mol. The Morgan fingerprint density at radius 2 is 1.83 bits per heavy atom. The second kappa shape index (κ2) is 10.2. The molecule has 2 rings (SSSR count). The number of aromatic hydroxyl groups is 1. The molecule has 1 N–H and O–H groups in total. The molecular formula is C16H25Cl2NO2SiZr. The maximum atomic E-state index is 10.5. The summed E-state index contributed by atoms with van der Waals surface area (Å²) < 4.78 is 5.37. The molecule has 0 amide bonds. The van der Waals surface area contributed by atoms with Crippen molar-refractivity contribution in [2.45, 2.75) is 51.4 Å². The molecule has 0 heterocycles. The van der Waals surface area contributed by atoms with Crippen molar-refractivity contribution in [3.8, 4) is 11.5 Å². The number of rotatable bonds is 4. The van der Waals surface area contributed by atoms with Gasteiger partial charge in [0.25, 0.3) is 0 Å². The van der Waals surface area contributed by atoms with Gasteiger partial charge >= 0.3 is 37.9 Å². The van der Waals surface area contributed by atoms with Crippen LogP contribution in [-0.4, -0.2) is 32.5 Å². The third-order valence-electron chi connectivity index (χ3n) is 3.91. The van der Waals surface area contributed by atoms with E-state index < -0.39 is 28.9 Å². The van der Waals surface area contributed by atoms with E-state index in [1.54, 1.807) is 7.11 Å². The normalized spacial score (nSPS) is 15.4. The Balaban J connectivity index is 0.000000816. The van der Waals surface area contributed by atoms with Gasteiger partial charge in [-0.15, -0.1) is 0 Å². The van der Waals surface area contributed by atoms with Crippen LogP contribution in [0.5, 0.6) is 11.5 Å².